The Morgan fingerprint density at radius 2 is 1.69 bits per heavy atom. The predicted octanol–water partition coefficient (Wildman–Crippen LogP) is 4.16. The molecule has 1 amide bonds. The number of hydrogen-bond acceptors (Lipinski definition) is 8. The highest BCUT2D eigenvalue weighted by atomic mass is 32.2. The van der Waals surface area contributed by atoms with E-state index in [0.29, 0.717) is 5.92 Å². The minimum atomic E-state index is -4.01. The van der Waals surface area contributed by atoms with Crippen LogP contribution in [0.4, 0.5) is 5.00 Å². The molecule has 0 unspecified atom stereocenters. The third-order valence-electron chi connectivity index (χ3n) is 5.07. The molecule has 0 spiro atoms. The van der Waals surface area contributed by atoms with Crippen LogP contribution in [0.1, 0.15) is 53.0 Å². The summed E-state index contributed by atoms with van der Waals surface area (Å²) in [7, 11) is -4.01. The van der Waals surface area contributed by atoms with Crippen LogP contribution in [0, 0.1) is 0 Å². The zero-order chi connectivity index (χ0) is 26.5. The number of anilines is 1. The van der Waals surface area contributed by atoms with Crippen molar-refractivity contribution in [3.63, 3.8) is 0 Å². The highest BCUT2D eigenvalue weighted by molar-refractivity contribution is 7.89. The third kappa shape index (κ3) is 6.78. The molecule has 0 aliphatic heterocycles. The average molecular weight is 531 g/mol. The van der Waals surface area contributed by atoms with E-state index in [1.54, 1.807) is 13.0 Å². The fourth-order valence-electron chi connectivity index (χ4n) is 3.20. The van der Waals surface area contributed by atoms with E-state index in [-0.39, 0.29) is 27.6 Å². The summed E-state index contributed by atoms with van der Waals surface area (Å²) in [6.07, 6.45) is 0. The van der Waals surface area contributed by atoms with Gasteiger partial charge in [-0.25, -0.2) is 23.1 Å². The van der Waals surface area contributed by atoms with Gasteiger partial charge in [0.2, 0.25) is 10.0 Å². The Bertz CT molecular complexity index is 1380. The maximum absolute atomic E-state index is 12.5. The number of sulfonamides is 1. The number of rotatable bonds is 9. The van der Waals surface area contributed by atoms with E-state index in [1.807, 2.05) is 24.3 Å². The Balaban J connectivity index is 1.75. The quantitative estimate of drug-likeness (QED) is 0.396. The summed E-state index contributed by atoms with van der Waals surface area (Å²) in [5.74, 6) is -1.80. The van der Waals surface area contributed by atoms with Crippen LogP contribution >= 0.6 is 11.3 Å². The normalized spacial score (nSPS) is 11.2. The average Bonchev–Trinajstić information content (AvgIpc) is 3.26. The Morgan fingerprint density at radius 1 is 1.00 bits per heavy atom. The molecule has 1 aromatic heterocycles. The van der Waals surface area contributed by atoms with Crippen LogP contribution in [0.25, 0.3) is 10.4 Å². The Labute approximate surface area is 213 Å². The lowest BCUT2D eigenvalue weighted by atomic mass is 10.0. The molecular formula is C25H26N2O7S2. The SMILES string of the molecule is CCOC(=O)c1cc(-c2ccc(C(C)C)cc2)sc1NC(=O)COC(=O)c1cccc(S(N)(=O)=O)c1. The molecule has 0 radical (unpaired) electrons. The molecule has 0 atom stereocenters. The summed E-state index contributed by atoms with van der Waals surface area (Å²) in [4.78, 5) is 37.8. The van der Waals surface area contributed by atoms with Gasteiger partial charge in [0.15, 0.2) is 6.61 Å². The molecule has 3 aromatic rings. The van der Waals surface area contributed by atoms with Gasteiger partial charge in [-0.1, -0.05) is 44.2 Å². The summed E-state index contributed by atoms with van der Waals surface area (Å²) < 4.78 is 33.1. The van der Waals surface area contributed by atoms with Crippen molar-refractivity contribution in [1.29, 1.82) is 0 Å². The monoisotopic (exact) mass is 530 g/mol. The Hall–Kier alpha value is -3.54. The fraction of sp³-hybridized carbons (Fsp3) is 0.240. The van der Waals surface area contributed by atoms with Gasteiger partial charge in [-0.15, -0.1) is 11.3 Å². The summed E-state index contributed by atoms with van der Waals surface area (Å²) in [6, 6.07) is 14.5. The lowest BCUT2D eigenvalue weighted by molar-refractivity contribution is -0.119. The van der Waals surface area contributed by atoms with Gasteiger partial charge in [0.05, 0.1) is 22.6 Å². The van der Waals surface area contributed by atoms with Gasteiger partial charge in [0, 0.05) is 4.88 Å². The van der Waals surface area contributed by atoms with E-state index >= 15 is 0 Å². The lowest BCUT2D eigenvalue weighted by Crippen LogP contribution is -2.22. The van der Waals surface area contributed by atoms with E-state index in [2.05, 4.69) is 19.2 Å². The number of amides is 1. The highest BCUT2D eigenvalue weighted by Gasteiger charge is 2.21. The Morgan fingerprint density at radius 3 is 2.31 bits per heavy atom. The number of esters is 2. The number of primary sulfonamides is 1. The minimum absolute atomic E-state index is 0.0789. The van der Waals surface area contributed by atoms with Crippen molar-refractivity contribution in [2.24, 2.45) is 5.14 Å². The number of nitrogens with two attached hydrogens (primary N) is 1. The smallest absolute Gasteiger partial charge is 0.341 e. The van der Waals surface area contributed by atoms with E-state index in [4.69, 9.17) is 14.6 Å². The van der Waals surface area contributed by atoms with Crippen molar-refractivity contribution < 1.29 is 32.3 Å². The highest BCUT2D eigenvalue weighted by Crippen LogP contribution is 2.36. The summed E-state index contributed by atoms with van der Waals surface area (Å²) in [5.41, 5.74) is 2.15. The van der Waals surface area contributed by atoms with Crippen LogP contribution in [0.3, 0.4) is 0 Å². The molecule has 9 nitrogen and oxygen atoms in total. The first-order chi connectivity index (χ1) is 17.0. The van der Waals surface area contributed by atoms with Crippen molar-refractivity contribution in [2.75, 3.05) is 18.5 Å². The first-order valence-corrected chi connectivity index (χ1v) is 13.4. The molecular weight excluding hydrogens is 504 g/mol. The van der Waals surface area contributed by atoms with Gasteiger partial charge in [-0.3, -0.25) is 4.79 Å². The number of benzene rings is 2. The second kappa shape index (κ2) is 11.5. The summed E-state index contributed by atoms with van der Waals surface area (Å²) in [5, 5.41) is 7.93. The molecule has 2 aromatic carbocycles. The van der Waals surface area contributed by atoms with Gasteiger partial charge in [-0.05, 0) is 48.2 Å². The van der Waals surface area contributed by atoms with Crippen molar-refractivity contribution in [2.45, 2.75) is 31.6 Å². The second-order valence-electron chi connectivity index (χ2n) is 8.05. The summed E-state index contributed by atoms with van der Waals surface area (Å²) >= 11 is 1.19. The molecule has 36 heavy (non-hydrogen) atoms. The zero-order valence-corrected chi connectivity index (χ0v) is 21.6. The molecule has 11 heteroatoms. The van der Waals surface area contributed by atoms with Crippen LogP contribution < -0.4 is 10.5 Å². The van der Waals surface area contributed by atoms with Crippen LogP contribution in [0.5, 0.6) is 0 Å². The molecule has 0 aliphatic carbocycles. The molecule has 3 N–H and O–H groups in total. The van der Waals surface area contributed by atoms with Gasteiger partial charge >= 0.3 is 11.9 Å². The first-order valence-electron chi connectivity index (χ1n) is 11.0. The number of thiophene rings is 1. The molecule has 1 heterocycles. The molecule has 3 rings (SSSR count). The van der Waals surface area contributed by atoms with Crippen molar-refractivity contribution in [1.82, 2.24) is 0 Å². The number of hydrogen-bond donors (Lipinski definition) is 2. The lowest BCUT2D eigenvalue weighted by Gasteiger charge is -2.08. The minimum Gasteiger partial charge on any atom is -0.462 e. The van der Waals surface area contributed by atoms with Crippen molar-refractivity contribution in [3.8, 4) is 10.4 Å². The van der Waals surface area contributed by atoms with Crippen LogP contribution in [0.15, 0.2) is 59.5 Å². The van der Waals surface area contributed by atoms with E-state index in [9.17, 15) is 22.8 Å². The van der Waals surface area contributed by atoms with E-state index < -0.39 is 34.5 Å². The van der Waals surface area contributed by atoms with E-state index in [0.717, 1.165) is 16.5 Å². The molecule has 0 aliphatic rings. The van der Waals surface area contributed by atoms with Crippen molar-refractivity contribution in [3.05, 3.63) is 71.3 Å². The largest absolute Gasteiger partial charge is 0.462 e. The van der Waals surface area contributed by atoms with Crippen LogP contribution in [-0.4, -0.2) is 39.5 Å². The third-order valence-corrected chi connectivity index (χ3v) is 7.09. The van der Waals surface area contributed by atoms with Crippen LogP contribution in [-0.2, 0) is 24.3 Å². The molecule has 0 saturated carbocycles. The zero-order valence-electron chi connectivity index (χ0n) is 19.9. The molecule has 0 fully saturated rings. The summed E-state index contributed by atoms with van der Waals surface area (Å²) in [6.45, 7) is 5.37. The van der Waals surface area contributed by atoms with Gasteiger partial charge in [-0.2, -0.15) is 0 Å². The second-order valence-corrected chi connectivity index (χ2v) is 10.7. The standard InChI is InChI=1S/C25H26N2O7S2/c1-4-33-25(30)20-13-21(17-10-8-16(9-11-17)15(2)3)35-23(20)27-22(28)14-34-24(29)18-6-5-7-19(12-18)36(26,31)32/h5-13,15H,4,14H2,1-3H3,(H,27,28)(H2,26,31,32). The fourth-order valence-corrected chi connectivity index (χ4v) is 4.82. The maximum atomic E-state index is 12.5. The topological polar surface area (TPSA) is 142 Å². The predicted molar refractivity (Wildman–Crippen MR) is 137 cm³/mol. The Kier molecular flexibility index (Phi) is 8.62. The number of nitrogens with one attached hydrogen (secondary N) is 1. The van der Waals surface area contributed by atoms with Gasteiger partial charge < -0.3 is 14.8 Å². The number of ether oxygens (including phenoxy) is 2. The van der Waals surface area contributed by atoms with Crippen molar-refractivity contribution >= 4 is 44.2 Å². The number of carbonyl (C=O) groups is 3. The molecule has 0 saturated heterocycles. The maximum Gasteiger partial charge on any atom is 0.341 e. The van der Waals surface area contributed by atoms with Gasteiger partial charge in [0.1, 0.15) is 5.00 Å². The molecule has 190 valence electrons. The molecule has 0 bridgehead atoms. The van der Waals surface area contributed by atoms with Crippen LogP contribution in [0.2, 0.25) is 0 Å². The first kappa shape index (κ1) is 27.1. The van der Waals surface area contributed by atoms with E-state index in [1.165, 1.54) is 35.1 Å². The van der Waals surface area contributed by atoms with Gasteiger partial charge in [0.25, 0.3) is 5.91 Å². The number of carbonyl (C=O) groups excluding carboxylic acids is 3.